The van der Waals surface area contributed by atoms with E-state index >= 15 is 0 Å². The number of carbonyl (C=O) groups is 1. The maximum absolute atomic E-state index is 13.6. The molecule has 1 aromatic rings. The molecule has 2 atom stereocenters. The highest BCUT2D eigenvalue weighted by Crippen LogP contribution is 2.36. The minimum Gasteiger partial charge on any atom is -0.366 e. The molecule has 2 unspecified atom stereocenters. The van der Waals surface area contributed by atoms with Crippen LogP contribution in [-0.4, -0.2) is 31.7 Å². The van der Waals surface area contributed by atoms with Crippen molar-refractivity contribution in [2.24, 2.45) is 5.92 Å². The van der Waals surface area contributed by atoms with Gasteiger partial charge in [-0.05, 0) is 36.5 Å². The van der Waals surface area contributed by atoms with E-state index in [0.717, 1.165) is 24.9 Å². The van der Waals surface area contributed by atoms with E-state index in [9.17, 15) is 9.18 Å². The lowest BCUT2D eigenvalue weighted by molar-refractivity contribution is -0.135. The standard InChI is InChI=1S/C17H23FN2O2/c18-14-7-3-6-13(10-14)16(12-4-1-2-5-12)20-17(21)15-11-19-8-9-22-15/h3,6-7,10,12,15-16,19H,1-2,4-5,8-9,11H2,(H,20,21). The predicted molar refractivity (Wildman–Crippen MR) is 81.9 cm³/mol. The molecule has 0 bridgehead atoms. The minimum atomic E-state index is -0.453. The molecule has 2 N–H and O–H groups in total. The second-order valence-electron chi connectivity index (χ2n) is 6.15. The molecule has 1 aliphatic carbocycles. The van der Waals surface area contributed by atoms with Gasteiger partial charge < -0.3 is 15.4 Å². The normalized spacial score (nSPS) is 24.1. The number of amides is 1. The molecule has 1 amide bonds. The van der Waals surface area contributed by atoms with Crippen LogP contribution >= 0.6 is 0 Å². The molecule has 5 heteroatoms. The van der Waals surface area contributed by atoms with Crippen molar-refractivity contribution in [2.75, 3.05) is 19.7 Å². The van der Waals surface area contributed by atoms with Gasteiger partial charge in [0.15, 0.2) is 0 Å². The minimum absolute atomic E-state index is 0.103. The molecule has 2 fully saturated rings. The second kappa shape index (κ2) is 7.20. The van der Waals surface area contributed by atoms with E-state index in [-0.39, 0.29) is 17.8 Å². The first-order valence-corrected chi connectivity index (χ1v) is 8.12. The van der Waals surface area contributed by atoms with Crippen LogP contribution in [0.1, 0.15) is 37.3 Å². The van der Waals surface area contributed by atoms with E-state index in [4.69, 9.17) is 4.74 Å². The molecule has 120 valence electrons. The highest BCUT2D eigenvalue weighted by molar-refractivity contribution is 5.81. The first kappa shape index (κ1) is 15.4. The van der Waals surface area contributed by atoms with Gasteiger partial charge in [-0.2, -0.15) is 0 Å². The third-order valence-corrected chi connectivity index (χ3v) is 4.60. The second-order valence-corrected chi connectivity index (χ2v) is 6.15. The molecule has 0 radical (unpaired) electrons. The van der Waals surface area contributed by atoms with E-state index in [0.29, 0.717) is 19.1 Å². The molecular weight excluding hydrogens is 283 g/mol. The van der Waals surface area contributed by atoms with E-state index in [1.807, 2.05) is 6.07 Å². The lowest BCUT2D eigenvalue weighted by atomic mass is 9.91. The van der Waals surface area contributed by atoms with Crippen molar-refractivity contribution >= 4 is 5.91 Å². The van der Waals surface area contributed by atoms with Gasteiger partial charge in [-0.1, -0.05) is 25.0 Å². The van der Waals surface area contributed by atoms with Crippen molar-refractivity contribution in [1.29, 1.82) is 0 Å². The van der Waals surface area contributed by atoms with Gasteiger partial charge in [-0.3, -0.25) is 4.79 Å². The zero-order valence-electron chi connectivity index (χ0n) is 12.7. The van der Waals surface area contributed by atoms with Crippen molar-refractivity contribution in [2.45, 2.75) is 37.8 Å². The summed E-state index contributed by atoms with van der Waals surface area (Å²) in [5.74, 6) is 0.0148. The third kappa shape index (κ3) is 3.65. The summed E-state index contributed by atoms with van der Waals surface area (Å²) in [7, 11) is 0. The molecule has 1 heterocycles. The average molecular weight is 306 g/mol. The van der Waals surface area contributed by atoms with Crippen molar-refractivity contribution in [3.8, 4) is 0 Å². The van der Waals surface area contributed by atoms with Gasteiger partial charge in [-0.15, -0.1) is 0 Å². The molecule has 4 nitrogen and oxygen atoms in total. The van der Waals surface area contributed by atoms with Gasteiger partial charge in [0.2, 0.25) is 0 Å². The fourth-order valence-electron chi connectivity index (χ4n) is 3.44. The fourth-order valence-corrected chi connectivity index (χ4v) is 3.44. The van der Waals surface area contributed by atoms with Gasteiger partial charge in [0, 0.05) is 13.1 Å². The van der Waals surface area contributed by atoms with Gasteiger partial charge in [-0.25, -0.2) is 4.39 Å². The molecule has 1 aliphatic heterocycles. The van der Waals surface area contributed by atoms with E-state index in [1.165, 1.54) is 25.0 Å². The van der Waals surface area contributed by atoms with Gasteiger partial charge in [0.05, 0.1) is 12.6 Å². The highest BCUT2D eigenvalue weighted by atomic mass is 19.1. The zero-order valence-corrected chi connectivity index (χ0v) is 12.7. The van der Waals surface area contributed by atoms with Crippen molar-refractivity contribution < 1.29 is 13.9 Å². The summed E-state index contributed by atoms with van der Waals surface area (Å²) < 4.78 is 19.1. The Morgan fingerprint density at radius 3 is 2.86 bits per heavy atom. The SMILES string of the molecule is O=C(NC(c1cccc(F)c1)C1CCCC1)C1CNCCO1. The highest BCUT2D eigenvalue weighted by Gasteiger charge is 2.31. The Balaban J connectivity index is 1.74. The van der Waals surface area contributed by atoms with Crippen LogP contribution in [0.4, 0.5) is 4.39 Å². The number of benzene rings is 1. The van der Waals surface area contributed by atoms with Crippen molar-refractivity contribution in [1.82, 2.24) is 10.6 Å². The number of halogens is 1. The van der Waals surface area contributed by atoms with Crippen molar-refractivity contribution in [3.63, 3.8) is 0 Å². The Morgan fingerprint density at radius 1 is 1.36 bits per heavy atom. The first-order chi connectivity index (χ1) is 10.7. The topological polar surface area (TPSA) is 50.4 Å². The van der Waals surface area contributed by atoms with Gasteiger partial charge >= 0.3 is 0 Å². The smallest absolute Gasteiger partial charge is 0.250 e. The van der Waals surface area contributed by atoms with Crippen LogP contribution in [0.3, 0.4) is 0 Å². The van der Waals surface area contributed by atoms with Crippen LogP contribution in [0.25, 0.3) is 0 Å². The summed E-state index contributed by atoms with van der Waals surface area (Å²) >= 11 is 0. The number of nitrogens with one attached hydrogen (secondary N) is 2. The zero-order chi connectivity index (χ0) is 15.4. The Bertz CT molecular complexity index is 511. The molecule has 1 aromatic carbocycles. The number of morpholine rings is 1. The van der Waals surface area contributed by atoms with Gasteiger partial charge in [0.25, 0.3) is 5.91 Å². The molecule has 0 aromatic heterocycles. The third-order valence-electron chi connectivity index (χ3n) is 4.60. The lowest BCUT2D eigenvalue weighted by Gasteiger charge is -2.29. The largest absolute Gasteiger partial charge is 0.366 e. The lowest BCUT2D eigenvalue weighted by Crippen LogP contribution is -2.49. The maximum Gasteiger partial charge on any atom is 0.250 e. The van der Waals surface area contributed by atoms with Crippen molar-refractivity contribution in [3.05, 3.63) is 35.6 Å². The fraction of sp³-hybridized carbons (Fsp3) is 0.588. The van der Waals surface area contributed by atoms with E-state index < -0.39 is 6.10 Å². The van der Waals surface area contributed by atoms with Crippen LogP contribution in [0.5, 0.6) is 0 Å². The van der Waals surface area contributed by atoms with Crippen LogP contribution in [0, 0.1) is 11.7 Å². The molecule has 22 heavy (non-hydrogen) atoms. The molecule has 1 saturated carbocycles. The van der Waals surface area contributed by atoms with Crippen LogP contribution in [0.15, 0.2) is 24.3 Å². The molecule has 0 spiro atoms. The number of ether oxygens (including phenoxy) is 1. The average Bonchev–Trinajstić information content (AvgIpc) is 3.07. The Morgan fingerprint density at radius 2 is 2.18 bits per heavy atom. The summed E-state index contributed by atoms with van der Waals surface area (Å²) in [6.45, 7) is 1.86. The quantitative estimate of drug-likeness (QED) is 0.896. The Hall–Kier alpha value is -1.46. The number of hydrogen-bond acceptors (Lipinski definition) is 3. The number of carbonyl (C=O) groups excluding carboxylic acids is 1. The summed E-state index contributed by atoms with van der Waals surface area (Å²) in [6.07, 6.45) is 4.05. The maximum atomic E-state index is 13.6. The Labute approximate surface area is 130 Å². The summed E-state index contributed by atoms with van der Waals surface area (Å²) in [5, 5.41) is 6.26. The summed E-state index contributed by atoms with van der Waals surface area (Å²) in [6, 6.07) is 6.44. The van der Waals surface area contributed by atoms with E-state index in [1.54, 1.807) is 6.07 Å². The Kier molecular flexibility index (Phi) is 5.05. The van der Waals surface area contributed by atoms with Crippen LogP contribution in [-0.2, 0) is 9.53 Å². The molecular formula is C17H23FN2O2. The van der Waals surface area contributed by atoms with Gasteiger partial charge in [0.1, 0.15) is 11.9 Å². The monoisotopic (exact) mass is 306 g/mol. The molecule has 1 saturated heterocycles. The number of rotatable bonds is 4. The first-order valence-electron chi connectivity index (χ1n) is 8.12. The van der Waals surface area contributed by atoms with Crippen LogP contribution < -0.4 is 10.6 Å². The number of hydrogen-bond donors (Lipinski definition) is 2. The molecule has 2 aliphatic rings. The summed E-state index contributed by atoms with van der Waals surface area (Å²) in [4.78, 5) is 12.5. The summed E-state index contributed by atoms with van der Waals surface area (Å²) in [5.41, 5.74) is 0.851. The molecule has 3 rings (SSSR count). The van der Waals surface area contributed by atoms with Crippen LogP contribution in [0.2, 0.25) is 0 Å². The van der Waals surface area contributed by atoms with E-state index in [2.05, 4.69) is 10.6 Å². The predicted octanol–water partition coefficient (Wildman–Crippen LogP) is 2.16.